The fourth-order valence-corrected chi connectivity index (χ4v) is 3.88. The van der Waals surface area contributed by atoms with Gasteiger partial charge in [-0.1, -0.05) is 11.6 Å². The standard InChI is InChI=1S/C17H12ClF4N3O2S/c1-8-14(15(27)23-7-19)25-13(26)6-11(24-16(25)28-8)5-9-4-10(17(20,21)22)2-3-12(9)18/h2-4,6H,5,7H2,1H3,(H,23,27). The summed E-state index contributed by atoms with van der Waals surface area (Å²) >= 11 is 7.03. The molecular weight excluding hydrogens is 422 g/mol. The number of aromatic nitrogens is 2. The number of halogens is 5. The van der Waals surface area contributed by atoms with Crippen LogP contribution in [-0.4, -0.2) is 22.1 Å². The molecule has 1 amide bonds. The van der Waals surface area contributed by atoms with Crippen LogP contribution in [0, 0.1) is 6.92 Å². The lowest BCUT2D eigenvalue weighted by Crippen LogP contribution is -2.28. The summed E-state index contributed by atoms with van der Waals surface area (Å²) in [5.41, 5.74) is -1.13. The van der Waals surface area contributed by atoms with Crippen molar-refractivity contribution >= 4 is 33.8 Å². The van der Waals surface area contributed by atoms with Gasteiger partial charge in [-0.05, 0) is 30.7 Å². The Kier molecular flexibility index (Phi) is 5.44. The second-order valence-electron chi connectivity index (χ2n) is 5.83. The Morgan fingerprint density at radius 2 is 2.04 bits per heavy atom. The number of thiazole rings is 1. The zero-order valence-electron chi connectivity index (χ0n) is 14.2. The Morgan fingerprint density at radius 1 is 1.32 bits per heavy atom. The van der Waals surface area contributed by atoms with Crippen LogP contribution in [0.3, 0.4) is 0 Å². The topological polar surface area (TPSA) is 63.5 Å². The molecule has 148 valence electrons. The third-order valence-corrected chi connectivity index (χ3v) is 5.25. The second kappa shape index (κ2) is 7.51. The van der Waals surface area contributed by atoms with Gasteiger partial charge in [0, 0.05) is 22.4 Å². The van der Waals surface area contributed by atoms with Crippen molar-refractivity contribution in [1.29, 1.82) is 0 Å². The van der Waals surface area contributed by atoms with Crippen molar-refractivity contribution < 1.29 is 22.4 Å². The van der Waals surface area contributed by atoms with E-state index in [0.717, 1.165) is 40.0 Å². The van der Waals surface area contributed by atoms with E-state index in [9.17, 15) is 27.2 Å². The van der Waals surface area contributed by atoms with Crippen LogP contribution in [0.4, 0.5) is 17.6 Å². The van der Waals surface area contributed by atoms with Gasteiger partial charge in [-0.15, -0.1) is 11.3 Å². The number of nitrogens with zero attached hydrogens (tertiary/aromatic N) is 2. The fraction of sp³-hybridized carbons (Fsp3) is 0.235. The molecule has 0 unspecified atom stereocenters. The van der Waals surface area contributed by atoms with E-state index >= 15 is 0 Å². The van der Waals surface area contributed by atoms with Crippen LogP contribution >= 0.6 is 22.9 Å². The Hall–Kier alpha value is -2.46. The summed E-state index contributed by atoms with van der Waals surface area (Å²) in [6.07, 6.45) is -4.63. The highest BCUT2D eigenvalue weighted by Gasteiger charge is 2.31. The lowest BCUT2D eigenvalue weighted by atomic mass is 10.1. The minimum absolute atomic E-state index is 0.0289. The number of rotatable bonds is 4. The van der Waals surface area contributed by atoms with E-state index in [-0.39, 0.29) is 33.4 Å². The molecule has 1 aromatic carbocycles. The molecule has 0 aliphatic heterocycles. The smallest absolute Gasteiger partial charge is 0.323 e. The SMILES string of the molecule is Cc1sc2nc(Cc3cc(C(F)(F)F)ccc3Cl)cc(=O)n2c1C(=O)NCF. The summed E-state index contributed by atoms with van der Waals surface area (Å²) in [4.78, 5) is 29.4. The molecule has 0 atom stereocenters. The highest BCUT2D eigenvalue weighted by atomic mass is 35.5. The maximum Gasteiger partial charge on any atom is 0.416 e. The first kappa shape index (κ1) is 20.3. The molecular formula is C17H12ClF4N3O2S. The maximum absolute atomic E-state index is 12.9. The van der Waals surface area contributed by atoms with Crippen molar-refractivity contribution in [3.63, 3.8) is 0 Å². The number of hydrogen-bond acceptors (Lipinski definition) is 4. The van der Waals surface area contributed by atoms with Gasteiger partial charge in [0.1, 0.15) is 5.69 Å². The largest absolute Gasteiger partial charge is 0.416 e. The van der Waals surface area contributed by atoms with Crippen molar-refractivity contribution in [1.82, 2.24) is 14.7 Å². The molecule has 0 bridgehead atoms. The van der Waals surface area contributed by atoms with Gasteiger partial charge >= 0.3 is 6.18 Å². The first-order valence-corrected chi connectivity index (χ1v) is 9.03. The van der Waals surface area contributed by atoms with Gasteiger partial charge in [-0.25, -0.2) is 13.8 Å². The monoisotopic (exact) mass is 433 g/mol. The average molecular weight is 434 g/mol. The molecule has 0 radical (unpaired) electrons. The molecule has 1 N–H and O–H groups in total. The number of fused-ring (bicyclic) bond motifs is 1. The summed E-state index contributed by atoms with van der Waals surface area (Å²) in [5, 5.41) is 2.09. The number of hydrogen-bond donors (Lipinski definition) is 1. The summed E-state index contributed by atoms with van der Waals surface area (Å²) in [5.74, 6) is -0.760. The number of carbonyl (C=O) groups excluding carboxylic acids is 1. The fourth-order valence-electron chi connectivity index (χ4n) is 2.70. The van der Waals surface area contributed by atoms with Gasteiger partial charge in [0.15, 0.2) is 11.8 Å². The molecule has 0 aliphatic carbocycles. The van der Waals surface area contributed by atoms with Gasteiger partial charge < -0.3 is 5.32 Å². The van der Waals surface area contributed by atoms with Crippen molar-refractivity contribution in [3.05, 3.63) is 67.0 Å². The van der Waals surface area contributed by atoms with Gasteiger partial charge in [-0.3, -0.25) is 9.59 Å². The molecule has 0 spiro atoms. The van der Waals surface area contributed by atoms with Crippen LogP contribution in [0.1, 0.15) is 32.2 Å². The Labute approximate surface area is 164 Å². The van der Waals surface area contributed by atoms with Crippen LogP contribution in [0.15, 0.2) is 29.1 Å². The number of carbonyl (C=O) groups is 1. The minimum atomic E-state index is -4.53. The molecule has 11 heteroatoms. The maximum atomic E-state index is 12.9. The van der Waals surface area contributed by atoms with E-state index < -0.39 is 30.0 Å². The average Bonchev–Trinajstić information content (AvgIpc) is 2.92. The van der Waals surface area contributed by atoms with Crippen LogP contribution in [-0.2, 0) is 12.6 Å². The van der Waals surface area contributed by atoms with Gasteiger partial charge in [0.25, 0.3) is 11.5 Å². The van der Waals surface area contributed by atoms with E-state index in [1.807, 2.05) is 5.32 Å². The van der Waals surface area contributed by atoms with Crippen molar-refractivity contribution in [2.75, 3.05) is 6.80 Å². The first-order valence-electron chi connectivity index (χ1n) is 7.83. The molecule has 3 rings (SSSR count). The Morgan fingerprint density at radius 3 is 2.68 bits per heavy atom. The second-order valence-corrected chi connectivity index (χ2v) is 7.42. The van der Waals surface area contributed by atoms with Gasteiger partial charge in [0.05, 0.1) is 11.3 Å². The zero-order chi connectivity index (χ0) is 20.6. The van der Waals surface area contributed by atoms with Crippen LogP contribution in [0.5, 0.6) is 0 Å². The third-order valence-electron chi connectivity index (χ3n) is 3.93. The third kappa shape index (κ3) is 3.88. The van der Waals surface area contributed by atoms with Gasteiger partial charge in [-0.2, -0.15) is 13.2 Å². The van der Waals surface area contributed by atoms with Crippen LogP contribution in [0.2, 0.25) is 5.02 Å². The summed E-state index contributed by atoms with van der Waals surface area (Å²) in [7, 11) is 0. The lowest BCUT2D eigenvalue weighted by Gasteiger charge is -2.10. The first-order chi connectivity index (χ1) is 13.1. The predicted octanol–water partition coefficient (Wildman–Crippen LogP) is 3.98. The van der Waals surface area contributed by atoms with Crippen molar-refractivity contribution in [2.24, 2.45) is 0 Å². The van der Waals surface area contributed by atoms with Crippen molar-refractivity contribution in [2.45, 2.75) is 19.5 Å². The van der Waals surface area contributed by atoms with E-state index in [1.54, 1.807) is 6.92 Å². The van der Waals surface area contributed by atoms with Gasteiger partial charge in [0.2, 0.25) is 0 Å². The minimum Gasteiger partial charge on any atom is -0.323 e. The number of amides is 1. The Balaban J connectivity index is 2.05. The molecule has 0 saturated carbocycles. The highest BCUT2D eigenvalue weighted by Crippen LogP contribution is 2.32. The van der Waals surface area contributed by atoms with E-state index in [2.05, 4.69) is 4.98 Å². The number of aryl methyl sites for hydroxylation is 1. The van der Waals surface area contributed by atoms with E-state index in [4.69, 9.17) is 11.6 Å². The summed E-state index contributed by atoms with van der Waals surface area (Å²) in [6, 6.07) is 4.03. The van der Waals surface area contributed by atoms with Crippen LogP contribution < -0.4 is 10.9 Å². The number of nitrogens with one attached hydrogen (secondary N) is 1. The number of alkyl halides is 4. The van der Waals surface area contributed by atoms with E-state index in [0.29, 0.717) is 4.88 Å². The molecule has 5 nitrogen and oxygen atoms in total. The quantitative estimate of drug-likeness (QED) is 0.500. The molecule has 2 heterocycles. The molecule has 0 aliphatic rings. The molecule has 2 aromatic heterocycles. The summed E-state index contributed by atoms with van der Waals surface area (Å²) in [6.45, 7) is 0.485. The lowest BCUT2D eigenvalue weighted by molar-refractivity contribution is -0.137. The molecule has 0 saturated heterocycles. The summed E-state index contributed by atoms with van der Waals surface area (Å²) < 4.78 is 52.2. The Bertz CT molecular complexity index is 1120. The van der Waals surface area contributed by atoms with Crippen LogP contribution in [0.25, 0.3) is 4.96 Å². The highest BCUT2D eigenvalue weighted by molar-refractivity contribution is 7.17. The molecule has 0 fully saturated rings. The van der Waals surface area contributed by atoms with Crippen molar-refractivity contribution in [3.8, 4) is 0 Å². The van der Waals surface area contributed by atoms with E-state index in [1.165, 1.54) is 0 Å². The molecule has 28 heavy (non-hydrogen) atoms. The molecule has 3 aromatic rings. The number of benzene rings is 1. The normalized spacial score (nSPS) is 11.8. The zero-order valence-corrected chi connectivity index (χ0v) is 15.8. The predicted molar refractivity (Wildman–Crippen MR) is 96.8 cm³/mol.